The average molecular weight is 230 g/mol. The molecule has 5 N–H and O–H groups in total. The first-order valence-corrected chi connectivity index (χ1v) is 5.02. The molecule has 14 heavy (non-hydrogen) atoms. The molecule has 1 heterocycles. The summed E-state index contributed by atoms with van der Waals surface area (Å²) in [4.78, 5) is 0. The highest BCUT2D eigenvalue weighted by Gasteiger charge is 2.61. The molecular formula is C5H10O8S. The summed E-state index contributed by atoms with van der Waals surface area (Å²) < 4.78 is 34.0. The summed E-state index contributed by atoms with van der Waals surface area (Å²) in [5, 5.41) is 32.6. The highest BCUT2D eigenvalue weighted by Crippen LogP contribution is 2.32. The molecule has 0 aromatic heterocycles. The van der Waals surface area contributed by atoms with Gasteiger partial charge >= 0.3 is 15.2 Å². The molecule has 8 nitrogen and oxygen atoms in total. The van der Waals surface area contributed by atoms with Gasteiger partial charge in [0, 0.05) is 0 Å². The predicted molar refractivity (Wildman–Crippen MR) is 40.5 cm³/mol. The Labute approximate surface area is 79.1 Å². The third-order valence-corrected chi connectivity index (χ3v) is 3.02. The van der Waals surface area contributed by atoms with Crippen LogP contribution in [0, 0.1) is 0 Å². The number of rotatable bonds is 2. The Morgan fingerprint density at radius 1 is 1.36 bits per heavy atom. The molecule has 1 rings (SSSR count). The lowest BCUT2D eigenvalue weighted by atomic mass is 10.1. The number of hydrogen-bond donors (Lipinski definition) is 5. The second-order valence-electron chi connectivity index (χ2n) is 2.88. The minimum atomic E-state index is -5.11. The fourth-order valence-electron chi connectivity index (χ4n) is 1.13. The first-order valence-electron chi connectivity index (χ1n) is 3.58. The largest absolute Gasteiger partial charge is 0.394 e. The Balaban J connectivity index is 3.06. The molecule has 1 unspecified atom stereocenters. The van der Waals surface area contributed by atoms with E-state index in [0.29, 0.717) is 0 Å². The van der Waals surface area contributed by atoms with Gasteiger partial charge in [0.1, 0.15) is 12.2 Å². The summed E-state index contributed by atoms with van der Waals surface area (Å²) in [6.07, 6.45) is -5.52. The first-order chi connectivity index (χ1) is 6.24. The van der Waals surface area contributed by atoms with Crippen LogP contribution >= 0.6 is 0 Å². The Morgan fingerprint density at radius 3 is 2.07 bits per heavy atom. The third kappa shape index (κ3) is 1.52. The van der Waals surface area contributed by atoms with Gasteiger partial charge in [-0.15, -0.1) is 0 Å². The molecule has 0 spiro atoms. The van der Waals surface area contributed by atoms with Gasteiger partial charge in [-0.05, 0) is 0 Å². The van der Waals surface area contributed by atoms with Crippen molar-refractivity contribution in [1.82, 2.24) is 0 Å². The third-order valence-electron chi connectivity index (χ3n) is 1.95. The van der Waals surface area contributed by atoms with Crippen molar-refractivity contribution in [2.45, 2.75) is 23.4 Å². The van der Waals surface area contributed by atoms with E-state index in [1.165, 1.54) is 0 Å². The predicted octanol–water partition coefficient (Wildman–Crippen LogP) is -3.37. The van der Waals surface area contributed by atoms with Crippen LogP contribution in [-0.4, -0.2) is 63.4 Å². The Bertz CT molecular complexity index is 312. The fourth-order valence-corrected chi connectivity index (χ4v) is 1.82. The standard InChI is InChI=1S/C5H10O8S/c6-1-2-3(7)4(8)5(9,13-2)14(10,11)12/h2-4,6-9H,1H2,(H,10,11,12)/t2-,3-,4+,5?/m1/s1. The molecule has 1 aliphatic rings. The fraction of sp³-hybridized carbons (Fsp3) is 1.00. The molecule has 0 saturated carbocycles. The van der Waals surface area contributed by atoms with E-state index in [2.05, 4.69) is 4.74 Å². The van der Waals surface area contributed by atoms with Gasteiger partial charge in [-0.1, -0.05) is 0 Å². The number of aliphatic hydroxyl groups is 4. The van der Waals surface area contributed by atoms with Gasteiger partial charge in [0.15, 0.2) is 6.10 Å². The highest BCUT2D eigenvalue weighted by atomic mass is 32.2. The van der Waals surface area contributed by atoms with Crippen LogP contribution in [0.3, 0.4) is 0 Å². The van der Waals surface area contributed by atoms with Gasteiger partial charge in [0.05, 0.1) is 6.61 Å². The Morgan fingerprint density at radius 2 is 1.86 bits per heavy atom. The van der Waals surface area contributed by atoms with E-state index in [1.807, 2.05) is 0 Å². The van der Waals surface area contributed by atoms with Gasteiger partial charge in [0.25, 0.3) is 0 Å². The molecule has 1 aliphatic heterocycles. The van der Waals surface area contributed by atoms with Crippen molar-refractivity contribution in [1.29, 1.82) is 0 Å². The lowest BCUT2D eigenvalue weighted by Gasteiger charge is -2.21. The monoisotopic (exact) mass is 230 g/mol. The summed E-state index contributed by atoms with van der Waals surface area (Å²) in [6.45, 7) is -0.809. The number of aliphatic hydroxyl groups excluding tert-OH is 3. The van der Waals surface area contributed by atoms with Crippen LogP contribution in [0.4, 0.5) is 0 Å². The maximum atomic E-state index is 10.6. The van der Waals surface area contributed by atoms with Crippen LogP contribution < -0.4 is 0 Å². The topological polar surface area (TPSA) is 145 Å². The molecule has 0 aromatic rings. The van der Waals surface area contributed by atoms with E-state index in [4.69, 9.17) is 19.9 Å². The zero-order chi connectivity index (χ0) is 11.1. The molecule has 0 aromatic carbocycles. The minimum Gasteiger partial charge on any atom is -0.394 e. The second-order valence-corrected chi connectivity index (χ2v) is 4.42. The molecular weight excluding hydrogens is 220 g/mol. The van der Waals surface area contributed by atoms with Crippen LogP contribution in [0.1, 0.15) is 0 Å². The van der Waals surface area contributed by atoms with E-state index in [0.717, 1.165) is 0 Å². The SMILES string of the molecule is O=S(=O)(O)C1(O)O[C@H](CO)[C@@H](O)[C@@H]1O. The van der Waals surface area contributed by atoms with Crippen LogP contribution in [-0.2, 0) is 14.9 Å². The maximum Gasteiger partial charge on any atom is 0.327 e. The number of hydrogen-bond acceptors (Lipinski definition) is 7. The highest BCUT2D eigenvalue weighted by molar-refractivity contribution is 7.86. The smallest absolute Gasteiger partial charge is 0.327 e. The quantitative estimate of drug-likeness (QED) is 0.309. The van der Waals surface area contributed by atoms with Gasteiger partial charge in [-0.3, -0.25) is 4.55 Å². The van der Waals surface area contributed by atoms with E-state index >= 15 is 0 Å². The van der Waals surface area contributed by atoms with Crippen molar-refractivity contribution >= 4 is 10.1 Å². The van der Waals surface area contributed by atoms with E-state index < -0.39 is 40.2 Å². The average Bonchev–Trinajstić information content (AvgIpc) is 2.29. The zero-order valence-electron chi connectivity index (χ0n) is 6.81. The Hall–Kier alpha value is -0.290. The van der Waals surface area contributed by atoms with E-state index in [-0.39, 0.29) is 0 Å². The minimum absolute atomic E-state index is 0.809. The van der Waals surface area contributed by atoms with Crippen molar-refractivity contribution in [2.24, 2.45) is 0 Å². The normalized spacial score (nSPS) is 44.2. The lowest BCUT2D eigenvalue weighted by molar-refractivity contribution is -0.172. The molecule has 0 amide bonds. The molecule has 84 valence electrons. The molecule has 0 radical (unpaired) electrons. The molecule has 4 atom stereocenters. The maximum absolute atomic E-state index is 10.6. The molecule has 9 heteroatoms. The van der Waals surface area contributed by atoms with Crippen LogP contribution in [0.15, 0.2) is 0 Å². The molecule has 1 saturated heterocycles. The van der Waals surface area contributed by atoms with Crippen molar-refractivity contribution < 1.29 is 38.1 Å². The first kappa shape index (κ1) is 11.8. The number of ether oxygens (including phenoxy) is 1. The summed E-state index contributed by atoms with van der Waals surface area (Å²) in [7, 11) is -5.11. The summed E-state index contributed by atoms with van der Waals surface area (Å²) in [5.41, 5.74) is 0. The van der Waals surface area contributed by atoms with Crippen molar-refractivity contribution in [2.75, 3.05) is 6.61 Å². The van der Waals surface area contributed by atoms with Gasteiger partial charge in [-0.25, -0.2) is 0 Å². The van der Waals surface area contributed by atoms with Crippen LogP contribution in [0.25, 0.3) is 0 Å². The van der Waals surface area contributed by atoms with Crippen molar-refractivity contribution in [3.05, 3.63) is 0 Å². The van der Waals surface area contributed by atoms with Crippen molar-refractivity contribution in [3.8, 4) is 0 Å². The summed E-state index contributed by atoms with van der Waals surface area (Å²) in [5.74, 6) is 0. The molecule has 0 aliphatic carbocycles. The Kier molecular flexibility index (Phi) is 2.84. The van der Waals surface area contributed by atoms with Crippen molar-refractivity contribution in [3.63, 3.8) is 0 Å². The van der Waals surface area contributed by atoms with Crippen LogP contribution in [0.5, 0.6) is 0 Å². The van der Waals surface area contributed by atoms with E-state index in [9.17, 15) is 13.5 Å². The summed E-state index contributed by atoms with van der Waals surface area (Å²) in [6, 6.07) is 0. The van der Waals surface area contributed by atoms with Crippen LogP contribution in [0.2, 0.25) is 0 Å². The van der Waals surface area contributed by atoms with Gasteiger partial charge in [0.2, 0.25) is 0 Å². The second kappa shape index (κ2) is 3.38. The summed E-state index contributed by atoms with van der Waals surface area (Å²) >= 11 is 0. The molecule has 0 bridgehead atoms. The van der Waals surface area contributed by atoms with Gasteiger partial charge < -0.3 is 25.2 Å². The zero-order valence-corrected chi connectivity index (χ0v) is 7.62. The lowest BCUT2D eigenvalue weighted by Crippen LogP contribution is -2.49. The van der Waals surface area contributed by atoms with Gasteiger partial charge in [-0.2, -0.15) is 8.42 Å². The molecule has 1 fully saturated rings. The van der Waals surface area contributed by atoms with E-state index in [1.54, 1.807) is 0 Å².